The third kappa shape index (κ3) is 1.22. The highest BCUT2D eigenvalue weighted by Crippen LogP contribution is 2.14. The van der Waals surface area contributed by atoms with Crippen molar-refractivity contribution in [2.75, 3.05) is 7.11 Å². The number of amides is 1. The van der Waals surface area contributed by atoms with Crippen LogP contribution < -0.4 is 5.32 Å². The highest BCUT2D eigenvalue weighted by atomic mass is 16.5. The molecule has 1 aromatic heterocycles. The van der Waals surface area contributed by atoms with Gasteiger partial charge in [0.25, 0.3) is 5.91 Å². The van der Waals surface area contributed by atoms with Crippen LogP contribution in [0.2, 0.25) is 0 Å². The minimum absolute atomic E-state index is 0.198. The van der Waals surface area contributed by atoms with E-state index in [-0.39, 0.29) is 5.91 Å². The topological polar surface area (TPSA) is 68.3 Å². The number of aromatic nitrogens is 1. The molecule has 72 valence electrons. The monoisotopic (exact) mass is 192 g/mol. The Morgan fingerprint density at radius 1 is 1.64 bits per heavy atom. The Morgan fingerprint density at radius 2 is 2.43 bits per heavy atom. The lowest BCUT2D eigenvalue weighted by Gasteiger charge is -1.99. The molecule has 1 aliphatic heterocycles. The number of ether oxygens (including phenoxy) is 1. The SMILES string of the molecule is COC(=O)c1cnc2c(c1)CNC2=O. The first-order valence-corrected chi connectivity index (χ1v) is 4.08. The summed E-state index contributed by atoms with van der Waals surface area (Å²) in [5.74, 6) is -0.643. The largest absolute Gasteiger partial charge is 0.465 e. The molecule has 0 saturated heterocycles. The number of fused-ring (bicyclic) bond motifs is 1. The molecule has 0 atom stereocenters. The Labute approximate surface area is 80.1 Å². The van der Waals surface area contributed by atoms with E-state index in [1.807, 2.05) is 0 Å². The Kier molecular flexibility index (Phi) is 1.92. The number of hydrogen-bond acceptors (Lipinski definition) is 4. The van der Waals surface area contributed by atoms with Crippen LogP contribution in [0.15, 0.2) is 12.3 Å². The Morgan fingerprint density at radius 3 is 3.14 bits per heavy atom. The number of carbonyl (C=O) groups excluding carboxylic acids is 2. The Bertz CT molecular complexity index is 415. The molecular formula is C9H8N2O3. The van der Waals surface area contributed by atoms with E-state index in [1.165, 1.54) is 13.3 Å². The smallest absolute Gasteiger partial charge is 0.339 e. The summed E-state index contributed by atoms with van der Waals surface area (Å²) in [6, 6.07) is 1.62. The summed E-state index contributed by atoms with van der Waals surface area (Å²) in [6.07, 6.45) is 1.34. The number of methoxy groups -OCH3 is 1. The highest BCUT2D eigenvalue weighted by Gasteiger charge is 2.21. The summed E-state index contributed by atoms with van der Waals surface area (Å²) in [6.45, 7) is 0.423. The minimum atomic E-state index is -0.445. The number of carbonyl (C=O) groups is 2. The molecule has 0 radical (unpaired) electrons. The third-order valence-corrected chi connectivity index (χ3v) is 2.04. The lowest BCUT2D eigenvalue weighted by Crippen LogP contribution is -2.13. The minimum Gasteiger partial charge on any atom is -0.465 e. The maximum absolute atomic E-state index is 11.1. The van der Waals surface area contributed by atoms with E-state index in [4.69, 9.17) is 0 Å². The number of pyridine rings is 1. The van der Waals surface area contributed by atoms with Crippen LogP contribution in [0.3, 0.4) is 0 Å². The molecule has 1 aromatic rings. The van der Waals surface area contributed by atoms with E-state index in [0.29, 0.717) is 17.8 Å². The Hall–Kier alpha value is -1.91. The van der Waals surface area contributed by atoms with Crippen LogP contribution >= 0.6 is 0 Å². The first kappa shape index (κ1) is 8.68. The van der Waals surface area contributed by atoms with Crippen molar-refractivity contribution in [3.8, 4) is 0 Å². The normalized spacial score (nSPS) is 13.4. The van der Waals surface area contributed by atoms with Crippen LogP contribution in [0.4, 0.5) is 0 Å². The molecule has 2 heterocycles. The van der Waals surface area contributed by atoms with Gasteiger partial charge in [-0.1, -0.05) is 0 Å². The average molecular weight is 192 g/mol. The molecule has 1 N–H and O–H groups in total. The molecule has 0 aromatic carbocycles. The second-order valence-electron chi connectivity index (χ2n) is 2.91. The van der Waals surface area contributed by atoms with Gasteiger partial charge in [0.05, 0.1) is 12.7 Å². The van der Waals surface area contributed by atoms with Crippen molar-refractivity contribution in [2.45, 2.75) is 6.54 Å². The lowest BCUT2D eigenvalue weighted by molar-refractivity contribution is 0.0600. The fraction of sp³-hybridized carbons (Fsp3) is 0.222. The maximum atomic E-state index is 11.1. The summed E-state index contributed by atoms with van der Waals surface area (Å²) in [5.41, 5.74) is 1.48. The summed E-state index contributed by atoms with van der Waals surface area (Å²) >= 11 is 0. The second kappa shape index (κ2) is 3.10. The molecule has 0 bridgehead atoms. The number of nitrogens with zero attached hydrogens (tertiary/aromatic N) is 1. The van der Waals surface area contributed by atoms with Gasteiger partial charge in [0.2, 0.25) is 0 Å². The van der Waals surface area contributed by atoms with E-state index >= 15 is 0 Å². The van der Waals surface area contributed by atoms with Gasteiger partial charge < -0.3 is 10.1 Å². The van der Waals surface area contributed by atoms with Crippen molar-refractivity contribution in [2.24, 2.45) is 0 Å². The highest BCUT2D eigenvalue weighted by molar-refractivity contribution is 5.97. The Balaban J connectivity index is 2.42. The molecule has 0 fully saturated rings. The number of nitrogens with one attached hydrogen (secondary N) is 1. The van der Waals surface area contributed by atoms with Crippen LogP contribution in [0.1, 0.15) is 26.4 Å². The van der Waals surface area contributed by atoms with E-state index in [0.717, 1.165) is 5.56 Å². The average Bonchev–Trinajstić information content (AvgIpc) is 2.59. The van der Waals surface area contributed by atoms with Gasteiger partial charge in [-0.3, -0.25) is 4.79 Å². The molecule has 0 spiro atoms. The molecule has 1 aliphatic rings. The summed E-state index contributed by atoms with van der Waals surface area (Å²) < 4.78 is 4.54. The number of rotatable bonds is 1. The number of hydrogen-bond donors (Lipinski definition) is 1. The van der Waals surface area contributed by atoms with Crippen LogP contribution in [-0.2, 0) is 11.3 Å². The van der Waals surface area contributed by atoms with Gasteiger partial charge in [-0.2, -0.15) is 0 Å². The quantitative estimate of drug-likeness (QED) is 0.641. The molecule has 2 rings (SSSR count). The summed E-state index contributed by atoms with van der Waals surface area (Å²) in [4.78, 5) is 26.2. The molecule has 0 aliphatic carbocycles. The second-order valence-corrected chi connectivity index (χ2v) is 2.91. The molecule has 1 amide bonds. The summed E-state index contributed by atoms with van der Waals surface area (Å²) in [5, 5.41) is 2.62. The van der Waals surface area contributed by atoms with Gasteiger partial charge in [0.15, 0.2) is 0 Å². The van der Waals surface area contributed by atoms with Crippen LogP contribution in [-0.4, -0.2) is 24.0 Å². The van der Waals surface area contributed by atoms with Crippen molar-refractivity contribution in [3.05, 3.63) is 29.1 Å². The molecule has 5 nitrogen and oxygen atoms in total. The van der Waals surface area contributed by atoms with Crippen molar-refractivity contribution in [1.82, 2.24) is 10.3 Å². The summed E-state index contributed by atoms with van der Waals surface area (Å²) in [7, 11) is 1.30. The van der Waals surface area contributed by atoms with Gasteiger partial charge in [-0.15, -0.1) is 0 Å². The maximum Gasteiger partial charge on any atom is 0.339 e. The zero-order valence-corrected chi connectivity index (χ0v) is 7.53. The van der Waals surface area contributed by atoms with Crippen molar-refractivity contribution in [1.29, 1.82) is 0 Å². The first-order chi connectivity index (χ1) is 6.72. The van der Waals surface area contributed by atoms with Crippen LogP contribution in [0, 0.1) is 0 Å². The van der Waals surface area contributed by atoms with Gasteiger partial charge in [-0.25, -0.2) is 9.78 Å². The fourth-order valence-electron chi connectivity index (χ4n) is 1.34. The molecular weight excluding hydrogens is 184 g/mol. The third-order valence-electron chi connectivity index (χ3n) is 2.04. The van der Waals surface area contributed by atoms with Gasteiger partial charge in [-0.05, 0) is 6.07 Å². The fourth-order valence-corrected chi connectivity index (χ4v) is 1.34. The predicted molar refractivity (Wildman–Crippen MR) is 46.7 cm³/mol. The zero-order valence-electron chi connectivity index (χ0n) is 7.53. The van der Waals surface area contributed by atoms with Gasteiger partial charge in [0, 0.05) is 18.3 Å². The van der Waals surface area contributed by atoms with E-state index < -0.39 is 5.97 Å². The first-order valence-electron chi connectivity index (χ1n) is 4.08. The zero-order chi connectivity index (χ0) is 10.1. The predicted octanol–water partition coefficient (Wildman–Crippen LogP) is 0.112. The molecule has 14 heavy (non-hydrogen) atoms. The van der Waals surface area contributed by atoms with Crippen LogP contribution in [0.5, 0.6) is 0 Å². The van der Waals surface area contributed by atoms with Gasteiger partial charge in [0.1, 0.15) is 5.69 Å². The van der Waals surface area contributed by atoms with Gasteiger partial charge >= 0.3 is 5.97 Å². The molecule has 0 unspecified atom stereocenters. The molecule has 5 heteroatoms. The van der Waals surface area contributed by atoms with Crippen molar-refractivity contribution < 1.29 is 14.3 Å². The van der Waals surface area contributed by atoms with E-state index in [2.05, 4.69) is 15.0 Å². The van der Waals surface area contributed by atoms with E-state index in [9.17, 15) is 9.59 Å². The number of esters is 1. The standard InChI is InChI=1S/C9H8N2O3/c1-14-9(13)6-2-5-3-11-8(12)7(5)10-4-6/h2,4H,3H2,1H3,(H,11,12). The lowest BCUT2D eigenvalue weighted by atomic mass is 10.1. The van der Waals surface area contributed by atoms with E-state index in [1.54, 1.807) is 6.07 Å². The van der Waals surface area contributed by atoms with Crippen molar-refractivity contribution in [3.63, 3.8) is 0 Å². The molecule has 0 saturated carbocycles. The van der Waals surface area contributed by atoms with Crippen LogP contribution in [0.25, 0.3) is 0 Å². The van der Waals surface area contributed by atoms with Crippen molar-refractivity contribution >= 4 is 11.9 Å².